The maximum Gasteiger partial charge on any atom is 0.123 e. The quantitative estimate of drug-likeness (QED) is 0.762. The molecule has 0 aliphatic carbocycles. The molecule has 0 saturated heterocycles. The van der Waals surface area contributed by atoms with Gasteiger partial charge in [0.05, 0.1) is 13.2 Å². The Hall–Kier alpha value is -1.53. The van der Waals surface area contributed by atoms with E-state index in [1.54, 1.807) is 7.11 Å². The molecule has 0 radical (unpaired) electrons. The minimum Gasteiger partial charge on any atom is -0.496 e. The summed E-state index contributed by atoms with van der Waals surface area (Å²) < 4.78 is 5.35. The Labute approximate surface area is 97.3 Å². The third kappa shape index (κ3) is 2.98. The fourth-order valence-corrected chi connectivity index (χ4v) is 1.83. The highest BCUT2D eigenvalue weighted by Gasteiger charge is 2.17. The van der Waals surface area contributed by atoms with Gasteiger partial charge >= 0.3 is 0 Å². The molecule has 1 atom stereocenters. The fourth-order valence-electron chi connectivity index (χ4n) is 1.83. The van der Waals surface area contributed by atoms with Crippen molar-refractivity contribution in [3.8, 4) is 11.8 Å². The van der Waals surface area contributed by atoms with Crippen molar-refractivity contribution in [2.45, 2.75) is 18.9 Å². The monoisotopic (exact) mass is 218 g/mol. The summed E-state index contributed by atoms with van der Waals surface area (Å²) in [5.74, 6) is 0.888. The Balaban J connectivity index is 2.96. The normalized spacial score (nSPS) is 12.2. The molecule has 1 unspecified atom stereocenters. The first-order chi connectivity index (χ1) is 7.70. The van der Waals surface area contributed by atoms with Crippen LogP contribution >= 0.6 is 0 Å². The number of rotatable bonds is 5. The Kier molecular flexibility index (Phi) is 4.81. The zero-order chi connectivity index (χ0) is 12.0. The molecule has 0 amide bonds. The maximum atomic E-state index is 8.67. The molecule has 3 nitrogen and oxygen atoms in total. The van der Waals surface area contributed by atoms with Gasteiger partial charge in [0.2, 0.25) is 0 Å². The van der Waals surface area contributed by atoms with Gasteiger partial charge in [-0.1, -0.05) is 18.2 Å². The molecular formula is C13H18N2O. The zero-order valence-electron chi connectivity index (χ0n) is 10.1. The van der Waals surface area contributed by atoms with Gasteiger partial charge in [0, 0.05) is 18.0 Å². The van der Waals surface area contributed by atoms with Crippen LogP contribution in [0.2, 0.25) is 0 Å². The first-order valence-electron chi connectivity index (χ1n) is 5.37. The summed E-state index contributed by atoms with van der Waals surface area (Å²) in [5, 5.41) is 8.67. The van der Waals surface area contributed by atoms with Gasteiger partial charge < -0.3 is 9.64 Å². The van der Waals surface area contributed by atoms with Crippen LogP contribution in [-0.4, -0.2) is 26.1 Å². The summed E-state index contributed by atoms with van der Waals surface area (Å²) in [7, 11) is 5.72. The lowest BCUT2D eigenvalue weighted by Crippen LogP contribution is -2.20. The molecule has 0 spiro atoms. The van der Waals surface area contributed by atoms with Crippen LogP contribution in [0.15, 0.2) is 24.3 Å². The number of nitrogens with zero attached hydrogens (tertiary/aromatic N) is 2. The van der Waals surface area contributed by atoms with E-state index < -0.39 is 0 Å². The molecular weight excluding hydrogens is 200 g/mol. The van der Waals surface area contributed by atoms with E-state index in [0.29, 0.717) is 6.42 Å². The van der Waals surface area contributed by atoms with Crippen molar-refractivity contribution in [1.29, 1.82) is 5.26 Å². The van der Waals surface area contributed by atoms with Crippen LogP contribution < -0.4 is 4.74 Å². The average Bonchev–Trinajstić information content (AvgIpc) is 2.29. The second-order valence-electron chi connectivity index (χ2n) is 3.92. The van der Waals surface area contributed by atoms with Gasteiger partial charge in [0.1, 0.15) is 5.75 Å². The van der Waals surface area contributed by atoms with Gasteiger partial charge in [-0.15, -0.1) is 0 Å². The number of nitriles is 1. The molecule has 1 aromatic rings. The highest BCUT2D eigenvalue weighted by Crippen LogP contribution is 2.30. The largest absolute Gasteiger partial charge is 0.496 e. The highest BCUT2D eigenvalue weighted by molar-refractivity contribution is 5.35. The number of hydrogen-bond donors (Lipinski definition) is 0. The molecule has 0 aliphatic rings. The Morgan fingerprint density at radius 2 is 2.06 bits per heavy atom. The summed E-state index contributed by atoms with van der Waals surface area (Å²) in [6, 6.07) is 10.4. The van der Waals surface area contributed by atoms with Crippen LogP contribution in [-0.2, 0) is 0 Å². The predicted octanol–water partition coefficient (Wildman–Crippen LogP) is 2.60. The highest BCUT2D eigenvalue weighted by atomic mass is 16.5. The summed E-state index contributed by atoms with van der Waals surface area (Å²) in [4.78, 5) is 2.12. The molecule has 0 N–H and O–H groups in total. The van der Waals surface area contributed by atoms with Crippen LogP contribution in [0, 0.1) is 11.3 Å². The van der Waals surface area contributed by atoms with Gasteiger partial charge in [-0.25, -0.2) is 0 Å². The third-order valence-corrected chi connectivity index (χ3v) is 2.65. The molecule has 16 heavy (non-hydrogen) atoms. The van der Waals surface area contributed by atoms with Crippen molar-refractivity contribution in [2.24, 2.45) is 0 Å². The number of methoxy groups -OCH3 is 1. The molecule has 3 heteroatoms. The summed E-state index contributed by atoms with van der Waals surface area (Å²) in [5.41, 5.74) is 1.14. The summed E-state index contributed by atoms with van der Waals surface area (Å²) in [6.07, 6.45) is 1.38. The van der Waals surface area contributed by atoms with E-state index in [0.717, 1.165) is 17.7 Å². The van der Waals surface area contributed by atoms with Crippen LogP contribution in [0.3, 0.4) is 0 Å². The van der Waals surface area contributed by atoms with Crippen LogP contribution in [0.1, 0.15) is 24.4 Å². The van der Waals surface area contributed by atoms with Crippen LogP contribution in [0.25, 0.3) is 0 Å². The lowest BCUT2D eigenvalue weighted by Gasteiger charge is -2.25. The fraction of sp³-hybridized carbons (Fsp3) is 0.462. The minimum atomic E-state index is 0.232. The van der Waals surface area contributed by atoms with E-state index >= 15 is 0 Å². The van der Waals surface area contributed by atoms with Crippen LogP contribution in [0.5, 0.6) is 5.75 Å². The number of hydrogen-bond acceptors (Lipinski definition) is 3. The molecule has 0 fully saturated rings. The van der Waals surface area contributed by atoms with E-state index in [1.165, 1.54) is 0 Å². The number of ether oxygens (including phenoxy) is 1. The molecule has 0 aromatic heterocycles. The predicted molar refractivity (Wildman–Crippen MR) is 64.3 cm³/mol. The molecule has 0 saturated carbocycles. The Morgan fingerprint density at radius 3 is 2.62 bits per heavy atom. The Bertz CT molecular complexity index is 368. The van der Waals surface area contributed by atoms with Crippen LogP contribution in [0.4, 0.5) is 0 Å². The van der Waals surface area contributed by atoms with E-state index in [1.807, 2.05) is 32.3 Å². The summed E-state index contributed by atoms with van der Waals surface area (Å²) in [6.45, 7) is 0. The second-order valence-corrected chi connectivity index (χ2v) is 3.92. The van der Waals surface area contributed by atoms with Gasteiger partial charge in [-0.05, 0) is 26.6 Å². The average molecular weight is 218 g/mol. The van der Waals surface area contributed by atoms with Crippen molar-refractivity contribution >= 4 is 0 Å². The lowest BCUT2D eigenvalue weighted by atomic mass is 10.0. The standard InChI is InChI=1S/C13H18N2O/c1-15(2)12(8-6-10-14)11-7-4-5-9-13(11)16-3/h4-5,7,9,12H,6,8H2,1-3H3. The first-order valence-corrected chi connectivity index (χ1v) is 5.37. The number of benzene rings is 1. The first kappa shape index (κ1) is 12.5. The third-order valence-electron chi connectivity index (χ3n) is 2.65. The van der Waals surface area contributed by atoms with Gasteiger partial charge in [-0.3, -0.25) is 0 Å². The SMILES string of the molecule is COc1ccccc1C(CCC#N)N(C)C. The van der Waals surface area contributed by atoms with Crippen molar-refractivity contribution in [2.75, 3.05) is 21.2 Å². The second kappa shape index (κ2) is 6.14. The molecule has 0 aliphatic heterocycles. The van der Waals surface area contributed by atoms with E-state index in [-0.39, 0.29) is 6.04 Å². The topological polar surface area (TPSA) is 36.3 Å². The van der Waals surface area contributed by atoms with Crippen molar-refractivity contribution < 1.29 is 4.74 Å². The van der Waals surface area contributed by atoms with Gasteiger partial charge in [0.15, 0.2) is 0 Å². The zero-order valence-corrected chi connectivity index (χ0v) is 10.1. The molecule has 0 heterocycles. The van der Waals surface area contributed by atoms with Gasteiger partial charge in [-0.2, -0.15) is 5.26 Å². The molecule has 86 valence electrons. The van der Waals surface area contributed by atoms with Crippen molar-refractivity contribution in [3.63, 3.8) is 0 Å². The molecule has 1 aromatic carbocycles. The van der Waals surface area contributed by atoms with Crippen molar-refractivity contribution in [1.82, 2.24) is 4.90 Å². The maximum absolute atomic E-state index is 8.67. The van der Waals surface area contributed by atoms with Gasteiger partial charge in [0.25, 0.3) is 0 Å². The van der Waals surface area contributed by atoms with E-state index in [4.69, 9.17) is 10.00 Å². The summed E-state index contributed by atoms with van der Waals surface area (Å²) >= 11 is 0. The number of para-hydroxylation sites is 1. The van der Waals surface area contributed by atoms with E-state index in [2.05, 4.69) is 17.0 Å². The minimum absolute atomic E-state index is 0.232. The lowest BCUT2D eigenvalue weighted by molar-refractivity contribution is 0.276. The van der Waals surface area contributed by atoms with Crippen molar-refractivity contribution in [3.05, 3.63) is 29.8 Å². The Morgan fingerprint density at radius 1 is 1.38 bits per heavy atom. The smallest absolute Gasteiger partial charge is 0.123 e. The van der Waals surface area contributed by atoms with E-state index in [9.17, 15) is 0 Å². The molecule has 0 bridgehead atoms. The molecule has 1 rings (SSSR count).